The highest BCUT2D eigenvalue weighted by Crippen LogP contribution is 2.41. The van der Waals surface area contributed by atoms with Gasteiger partial charge in [-0.3, -0.25) is 19.2 Å². The molecule has 2 saturated carbocycles. The van der Waals surface area contributed by atoms with Crippen molar-refractivity contribution in [1.29, 1.82) is 0 Å². The minimum atomic E-state index is -1.28. The number of ketones is 1. The lowest BCUT2D eigenvalue weighted by Gasteiger charge is -2.35. The predicted molar refractivity (Wildman–Crippen MR) is 191 cm³/mol. The molecule has 5 rings (SSSR count). The van der Waals surface area contributed by atoms with Gasteiger partial charge in [-0.15, -0.1) is 0 Å². The van der Waals surface area contributed by atoms with Crippen LogP contribution in [0.25, 0.3) is 0 Å². The van der Waals surface area contributed by atoms with Crippen molar-refractivity contribution in [2.24, 2.45) is 11.8 Å². The molecule has 2 aromatic carbocycles. The Bertz CT molecular complexity index is 1620. The lowest BCUT2D eigenvalue weighted by molar-refractivity contribution is -0.141. The molecule has 4 amide bonds. The van der Waals surface area contributed by atoms with Gasteiger partial charge in [-0.1, -0.05) is 81.8 Å². The van der Waals surface area contributed by atoms with Crippen LogP contribution in [0.5, 0.6) is 0 Å². The number of carbonyl (C=O) groups is 5. The highest BCUT2D eigenvalue weighted by atomic mass is 35.5. The number of hydrogen-bond acceptors (Lipinski definition) is 6. The molecule has 4 N–H and O–H groups in total. The molecule has 0 aromatic heterocycles. The molecule has 12 heteroatoms. The molecule has 3 fully saturated rings. The van der Waals surface area contributed by atoms with Crippen molar-refractivity contribution in [3.8, 4) is 0 Å². The Kier molecular flexibility index (Phi) is 12.1. The molecule has 276 valence electrons. The molecule has 2 aromatic rings. The summed E-state index contributed by atoms with van der Waals surface area (Å²) in [7, 11) is 0. The van der Waals surface area contributed by atoms with Gasteiger partial charge in [-0.2, -0.15) is 0 Å². The van der Waals surface area contributed by atoms with Crippen molar-refractivity contribution in [2.75, 3.05) is 0 Å². The monoisotopic (exact) mass is 724 g/mol. The molecular weight excluding hydrogens is 675 g/mol. The van der Waals surface area contributed by atoms with E-state index in [1.807, 2.05) is 33.8 Å². The Balaban J connectivity index is 1.39. The van der Waals surface area contributed by atoms with Crippen LogP contribution in [-0.4, -0.2) is 53.3 Å². The van der Waals surface area contributed by atoms with E-state index in [-0.39, 0.29) is 30.7 Å². The van der Waals surface area contributed by atoms with Gasteiger partial charge in [-0.25, -0.2) is 9.18 Å². The molecule has 4 atom stereocenters. The Morgan fingerprint density at radius 2 is 1.67 bits per heavy atom. The smallest absolute Gasteiger partial charge is 0.408 e. The predicted octanol–water partition coefficient (Wildman–Crippen LogP) is 6.20. The number of rotatable bonds is 14. The Labute approximate surface area is 304 Å². The van der Waals surface area contributed by atoms with Crippen LogP contribution in [0.2, 0.25) is 5.02 Å². The summed E-state index contributed by atoms with van der Waals surface area (Å²) in [6.07, 6.45) is 5.13. The average molecular weight is 725 g/mol. The molecule has 0 radical (unpaired) electrons. The molecule has 2 aliphatic carbocycles. The number of carbonyl (C=O) groups excluding carboxylic acids is 5. The highest BCUT2D eigenvalue weighted by Gasteiger charge is 2.43. The molecule has 0 spiro atoms. The molecule has 4 unspecified atom stereocenters. The number of ether oxygens (including phenoxy) is 1. The molecule has 10 nitrogen and oxygen atoms in total. The van der Waals surface area contributed by atoms with Gasteiger partial charge < -0.3 is 26.0 Å². The SMILES string of the molecule is CC1(C)CC(CC(NC(=O)C(CC2CCCCC2)NC(=O)OC(c2cccc(F)c2)C(C)(C)c2cccc(Cl)c2)C(=O)C(=O)NC2CC2)C(=O)N1. The quantitative estimate of drug-likeness (QED) is 0.171. The zero-order valence-corrected chi connectivity index (χ0v) is 30.6. The first-order chi connectivity index (χ1) is 24.1. The van der Waals surface area contributed by atoms with Crippen LogP contribution >= 0.6 is 11.6 Å². The largest absolute Gasteiger partial charge is 0.440 e. The lowest BCUT2D eigenvalue weighted by Crippen LogP contribution is -2.55. The maximum atomic E-state index is 14.5. The van der Waals surface area contributed by atoms with E-state index in [2.05, 4.69) is 21.3 Å². The zero-order chi connectivity index (χ0) is 36.9. The van der Waals surface area contributed by atoms with E-state index in [1.165, 1.54) is 18.2 Å². The second kappa shape index (κ2) is 16.1. The van der Waals surface area contributed by atoms with Crippen LogP contribution in [-0.2, 0) is 29.3 Å². The standard InChI is InChI=1S/C39H50ClFN4O6/c1-38(2)22-25(34(47)45-38)20-30(32(46)36(49)42-29-16-17-29)43-35(48)31(18-23-10-6-5-7-11-23)44-37(50)51-33(24-12-8-15-28(41)19-24)39(3,4)26-13-9-14-27(40)21-26/h8-9,12-15,19,21,23,25,29-31,33H,5-7,10-11,16-18,20,22H2,1-4H3,(H,42,49)(H,43,48)(H,44,50)(H,45,47). The molecular formula is C39H50ClFN4O6. The number of halogens is 2. The van der Waals surface area contributed by atoms with Crippen LogP contribution in [0.4, 0.5) is 9.18 Å². The number of amides is 4. The maximum Gasteiger partial charge on any atom is 0.408 e. The summed E-state index contributed by atoms with van der Waals surface area (Å²) in [5, 5.41) is 11.6. The molecule has 0 bridgehead atoms. The van der Waals surface area contributed by atoms with Gasteiger partial charge in [0.2, 0.25) is 17.6 Å². The second-order valence-electron chi connectivity index (χ2n) is 15.7. The van der Waals surface area contributed by atoms with E-state index in [0.717, 1.165) is 50.5 Å². The van der Waals surface area contributed by atoms with E-state index in [1.54, 1.807) is 24.3 Å². The summed E-state index contributed by atoms with van der Waals surface area (Å²) < 4.78 is 20.6. The fourth-order valence-corrected chi connectivity index (χ4v) is 7.62. The van der Waals surface area contributed by atoms with Crippen molar-refractivity contribution in [2.45, 2.75) is 127 Å². The van der Waals surface area contributed by atoms with Gasteiger partial charge in [0.15, 0.2) is 0 Å². The van der Waals surface area contributed by atoms with E-state index >= 15 is 0 Å². The third kappa shape index (κ3) is 10.3. The van der Waals surface area contributed by atoms with Gasteiger partial charge in [0, 0.05) is 27.9 Å². The summed E-state index contributed by atoms with van der Waals surface area (Å²) in [6, 6.07) is 10.5. The molecule has 1 aliphatic heterocycles. The second-order valence-corrected chi connectivity index (χ2v) is 16.1. The van der Waals surface area contributed by atoms with Crippen molar-refractivity contribution in [1.82, 2.24) is 21.3 Å². The van der Waals surface area contributed by atoms with Crippen molar-refractivity contribution < 1.29 is 33.1 Å². The minimum absolute atomic E-state index is 0.0615. The number of Topliss-reactive ketones (excluding diaryl/α,β-unsaturated/α-hetero) is 1. The lowest BCUT2D eigenvalue weighted by atomic mass is 9.76. The number of hydrogen-bond donors (Lipinski definition) is 4. The summed E-state index contributed by atoms with van der Waals surface area (Å²) in [4.78, 5) is 67.3. The van der Waals surface area contributed by atoms with Crippen LogP contribution in [0.15, 0.2) is 48.5 Å². The van der Waals surface area contributed by atoms with Crippen molar-refractivity contribution in [3.05, 3.63) is 70.5 Å². The van der Waals surface area contributed by atoms with Gasteiger partial charge >= 0.3 is 6.09 Å². The summed E-state index contributed by atoms with van der Waals surface area (Å²) in [5.74, 6) is -3.51. The van der Waals surface area contributed by atoms with Gasteiger partial charge in [0.1, 0.15) is 18.0 Å². The van der Waals surface area contributed by atoms with Crippen LogP contribution in [0.1, 0.15) is 109 Å². The molecule has 51 heavy (non-hydrogen) atoms. The molecule has 3 aliphatic rings. The van der Waals surface area contributed by atoms with E-state index in [9.17, 15) is 28.4 Å². The van der Waals surface area contributed by atoms with Crippen molar-refractivity contribution >= 4 is 41.2 Å². The van der Waals surface area contributed by atoms with E-state index in [0.29, 0.717) is 17.0 Å². The van der Waals surface area contributed by atoms with Crippen LogP contribution in [0.3, 0.4) is 0 Å². The Morgan fingerprint density at radius 3 is 2.29 bits per heavy atom. The van der Waals surface area contributed by atoms with E-state index < -0.39 is 64.6 Å². The number of alkyl carbamates (subject to hydrolysis) is 1. The molecule has 1 heterocycles. The summed E-state index contributed by atoms with van der Waals surface area (Å²) in [5.41, 5.74) is -0.229. The first-order valence-electron chi connectivity index (χ1n) is 18.1. The average Bonchev–Trinajstić information content (AvgIpc) is 3.85. The van der Waals surface area contributed by atoms with Crippen LogP contribution in [0, 0.1) is 17.7 Å². The third-order valence-electron chi connectivity index (χ3n) is 10.4. The normalized spacial score (nSPS) is 20.7. The van der Waals surface area contributed by atoms with Gasteiger partial charge in [0.25, 0.3) is 5.91 Å². The van der Waals surface area contributed by atoms with Gasteiger partial charge in [-0.05, 0) is 87.3 Å². The van der Waals surface area contributed by atoms with Gasteiger partial charge in [0.05, 0.1) is 6.04 Å². The maximum absolute atomic E-state index is 14.5. The third-order valence-corrected chi connectivity index (χ3v) is 10.6. The first-order valence-corrected chi connectivity index (χ1v) is 18.4. The summed E-state index contributed by atoms with van der Waals surface area (Å²) in [6.45, 7) is 7.47. The first kappa shape index (κ1) is 38.2. The van der Waals surface area contributed by atoms with Crippen LogP contribution < -0.4 is 21.3 Å². The van der Waals surface area contributed by atoms with Crippen molar-refractivity contribution in [3.63, 3.8) is 0 Å². The summed E-state index contributed by atoms with van der Waals surface area (Å²) >= 11 is 6.32. The highest BCUT2D eigenvalue weighted by molar-refractivity contribution is 6.38. The fourth-order valence-electron chi connectivity index (χ4n) is 7.43. The Morgan fingerprint density at radius 1 is 0.961 bits per heavy atom. The molecule has 1 saturated heterocycles. The number of nitrogens with one attached hydrogen (secondary N) is 4. The topological polar surface area (TPSA) is 143 Å². The Hall–Kier alpha value is -3.99. The fraction of sp³-hybridized carbons (Fsp3) is 0.564. The number of benzene rings is 2. The van der Waals surface area contributed by atoms with E-state index in [4.69, 9.17) is 16.3 Å². The zero-order valence-electron chi connectivity index (χ0n) is 29.9. The minimum Gasteiger partial charge on any atom is -0.440 e.